The number of benzene rings is 1. The number of hydrogen-bond donors (Lipinski definition) is 2. The van der Waals surface area contributed by atoms with E-state index in [9.17, 15) is 4.79 Å². The molecule has 0 aromatic heterocycles. The minimum absolute atomic E-state index is 0.0645. The van der Waals surface area contributed by atoms with Gasteiger partial charge in [-0.15, -0.1) is 0 Å². The van der Waals surface area contributed by atoms with Crippen LogP contribution in [0.5, 0.6) is 0 Å². The van der Waals surface area contributed by atoms with Crippen LogP contribution in [0.3, 0.4) is 0 Å². The predicted molar refractivity (Wildman–Crippen MR) is 74.8 cm³/mol. The summed E-state index contributed by atoms with van der Waals surface area (Å²) in [7, 11) is 0. The van der Waals surface area contributed by atoms with E-state index in [1.165, 1.54) is 11.1 Å². The first-order valence-electron chi connectivity index (χ1n) is 6.73. The van der Waals surface area contributed by atoms with E-state index < -0.39 is 5.54 Å². The maximum atomic E-state index is 12.1. The van der Waals surface area contributed by atoms with Crippen LogP contribution < -0.4 is 11.1 Å². The summed E-state index contributed by atoms with van der Waals surface area (Å²) < 4.78 is 5.21. The summed E-state index contributed by atoms with van der Waals surface area (Å²) in [4.78, 5) is 12.1. The number of ether oxygens (including phenoxy) is 1. The first-order valence-corrected chi connectivity index (χ1v) is 6.73. The number of rotatable bonds is 4. The molecule has 4 heteroatoms. The molecule has 0 radical (unpaired) electrons. The first kappa shape index (κ1) is 14.0. The van der Waals surface area contributed by atoms with Crippen molar-refractivity contribution < 1.29 is 9.53 Å². The normalized spacial score (nSPS) is 24.2. The van der Waals surface area contributed by atoms with Crippen LogP contribution in [0.2, 0.25) is 0 Å². The van der Waals surface area contributed by atoms with Gasteiger partial charge >= 0.3 is 0 Å². The Morgan fingerprint density at radius 1 is 1.53 bits per heavy atom. The molecule has 19 heavy (non-hydrogen) atoms. The van der Waals surface area contributed by atoms with E-state index >= 15 is 0 Å². The number of hydrogen-bond acceptors (Lipinski definition) is 3. The number of carbonyl (C=O) groups is 1. The van der Waals surface area contributed by atoms with Crippen LogP contribution in [0, 0.1) is 6.92 Å². The number of aryl methyl sites for hydroxylation is 1. The molecule has 0 spiro atoms. The van der Waals surface area contributed by atoms with Crippen molar-refractivity contribution in [2.75, 3.05) is 13.2 Å². The fourth-order valence-corrected chi connectivity index (χ4v) is 2.35. The lowest BCUT2D eigenvalue weighted by molar-refractivity contribution is -0.126. The summed E-state index contributed by atoms with van der Waals surface area (Å²) >= 11 is 0. The summed E-state index contributed by atoms with van der Waals surface area (Å²) in [5.74, 6) is -0.105. The second-order valence-corrected chi connectivity index (χ2v) is 5.46. The Bertz CT molecular complexity index is 453. The molecule has 1 aliphatic rings. The van der Waals surface area contributed by atoms with E-state index in [2.05, 4.69) is 24.4 Å². The van der Waals surface area contributed by atoms with E-state index in [1.807, 2.05) is 19.1 Å². The van der Waals surface area contributed by atoms with Crippen LogP contribution in [0.15, 0.2) is 24.3 Å². The van der Waals surface area contributed by atoms with Gasteiger partial charge in [-0.3, -0.25) is 4.79 Å². The van der Waals surface area contributed by atoms with Crippen LogP contribution in [-0.2, 0) is 16.0 Å². The molecule has 0 saturated carbocycles. The van der Waals surface area contributed by atoms with Crippen molar-refractivity contribution in [2.45, 2.75) is 38.3 Å². The summed E-state index contributed by atoms with van der Waals surface area (Å²) in [5, 5.41) is 2.99. The van der Waals surface area contributed by atoms with Gasteiger partial charge in [0.05, 0.1) is 6.61 Å². The average molecular weight is 262 g/mol. The van der Waals surface area contributed by atoms with Crippen LogP contribution >= 0.6 is 0 Å². The van der Waals surface area contributed by atoms with E-state index in [4.69, 9.17) is 10.5 Å². The summed E-state index contributed by atoms with van der Waals surface area (Å²) in [6, 6.07) is 8.28. The molecule has 1 aromatic carbocycles. The van der Waals surface area contributed by atoms with Crippen LogP contribution in [-0.4, -0.2) is 30.7 Å². The quantitative estimate of drug-likeness (QED) is 0.856. The van der Waals surface area contributed by atoms with Crippen LogP contribution in [0.25, 0.3) is 0 Å². The van der Waals surface area contributed by atoms with E-state index in [1.54, 1.807) is 0 Å². The topological polar surface area (TPSA) is 64.4 Å². The zero-order chi connectivity index (χ0) is 13.9. The third-order valence-electron chi connectivity index (χ3n) is 3.67. The fourth-order valence-electron chi connectivity index (χ4n) is 2.35. The second kappa shape index (κ2) is 5.72. The largest absolute Gasteiger partial charge is 0.379 e. The van der Waals surface area contributed by atoms with E-state index in [0.717, 1.165) is 6.42 Å². The van der Waals surface area contributed by atoms with Gasteiger partial charge in [-0.2, -0.15) is 0 Å². The summed E-state index contributed by atoms with van der Waals surface area (Å²) in [5.41, 5.74) is 7.69. The molecule has 2 unspecified atom stereocenters. The molecule has 1 heterocycles. The molecule has 0 aliphatic carbocycles. The molecule has 1 aromatic rings. The maximum Gasteiger partial charge on any atom is 0.242 e. The summed E-state index contributed by atoms with van der Waals surface area (Å²) in [6.07, 6.45) is 1.41. The molecule has 1 saturated heterocycles. The van der Waals surface area contributed by atoms with Gasteiger partial charge in [0, 0.05) is 12.6 Å². The highest BCUT2D eigenvalue weighted by Gasteiger charge is 2.38. The summed E-state index contributed by atoms with van der Waals surface area (Å²) in [6.45, 7) is 4.97. The molecule has 0 bridgehead atoms. The van der Waals surface area contributed by atoms with Crippen molar-refractivity contribution in [1.29, 1.82) is 0 Å². The maximum absolute atomic E-state index is 12.1. The lowest BCUT2D eigenvalue weighted by atomic mass is 9.97. The Labute approximate surface area is 114 Å². The van der Waals surface area contributed by atoms with Gasteiger partial charge in [-0.1, -0.05) is 24.3 Å². The third kappa shape index (κ3) is 3.33. The molecule has 1 amide bonds. The fraction of sp³-hybridized carbons (Fsp3) is 0.533. The van der Waals surface area contributed by atoms with Gasteiger partial charge in [-0.25, -0.2) is 0 Å². The highest BCUT2D eigenvalue weighted by Crippen LogP contribution is 2.16. The number of carbonyl (C=O) groups excluding carboxylic acids is 1. The SMILES string of the molecule is Cc1ccccc1CC(C)NC(=O)C1(N)CCOC1. The molecule has 2 atom stereocenters. The molecule has 104 valence electrons. The van der Waals surface area contributed by atoms with Crippen molar-refractivity contribution in [1.82, 2.24) is 5.32 Å². The van der Waals surface area contributed by atoms with Gasteiger partial charge < -0.3 is 15.8 Å². The average Bonchev–Trinajstić information content (AvgIpc) is 2.80. The zero-order valence-electron chi connectivity index (χ0n) is 11.6. The molecule has 2 rings (SSSR count). The molecule has 1 fully saturated rings. The molecule has 1 aliphatic heterocycles. The molecular formula is C15H22N2O2. The van der Waals surface area contributed by atoms with Gasteiger partial charge in [0.15, 0.2) is 0 Å². The van der Waals surface area contributed by atoms with Gasteiger partial charge in [0.2, 0.25) is 5.91 Å². The third-order valence-corrected chi connectivity index (χ3v) is 3.67. The first-order chi connectivity index (χ1) is 9.01. The van der Waals surface area contributed by atoms with Crippen molar-refractivity contribution in [2.24, 2.45) is 5.73 Å². The van der Waals surface area contributed by atoms with Crippen LogP contribution in [0.1, 0.15) is 24.5 Å². The Morgan fingerprint density at radius 3 is 2.89 bits per heavy atom. The van der Waals surface area contributed by atoms with Gasteiger partial charge in [0.1, 0.15) is 5.54 Å². The standard InChI is InChI=1S/C15H22N2O2/c1-11-5-3-4-6-13(11)9-12(2)17-14(18)15(16)7-8-19-10-15/h3-6,12H,7-10,16H2,1-2H3,(H,17,18). The highest BCUT2D eigenvalue weighted by molar-refractivity contribution is 5.86. The number of nitrogens with two attached hydrogens (primary N) is 1. The predicted octanol–water partition coefficient (Wildman–Crippen LogP) is 1.16. The van der Waals surface area contributed by atoms with Crippen LogP contribution in [0.4, 0.5) is 0 Å². The minimum Gasteiger partial charge on any atom is -0.379 e. The lowest BCUT2D eigenvalue weighted by Gasteiger charge is -2.24. The minimum atomic E-state index is -0.847. The van der Waals surface area contributed by atoms with Crippen molar-refractivity contribution in [3.63, 3.8) is 0 Å². The van der Waals surface area contributed by atoms with Gasteiger partial charge in [0.25, 0.3) is 0 Å². The lowest BCUT2D eigenvalue weighted by Crippen LogP contribution is -2.56. The Balaban J connectivity index is 1.93. The number of nitrogens with one attached hydrogen (secondary N) is 1. The second-order valence-electron chi connectivity index (χ2n) is 5.46. The molecule has 4 nitrogen and oxygen atoms in total. The Morgan fingerprint density at radius 2 is 2.26 bits per heavy atom. The van der Waals surface area contributed by atoms with E-state index in [0.29, 0.717) is 19.6 Å². The number of amides is 1. The highest BCUT2D eigenvalue weighted by atomic mass is 16.5. The Hall–Kier alpha value is -1.39. The Kier molecular flexibility index (Phi) is 4.22. The zero-order valence-corrected chi connectivity index (χ0v) is 11.6. The van der Waals surface area contributed by atoms with Gasteiger partial charge in [-0.05, 0) is 37.8 Å². The van der Waals surface area contributed by atoms with Crippen molar-refractivity contribution >= 4 is 5.91 Å². The van der Waals surface area contributed by atoms with Crippen molar-refractivity contribution in [3.8, 4) is 0 Å². The molecule has 3 N–H and O–H groups in total. The molecular weight excluding hydrogens is 240 g/mol. The van der Waals surface area contributed by atoms with Crippen molar-refractivity contribution in [3.05, 3.63) is 35.4 Å². The monoisotopic (exact) mass is 262 g/mol. The van der Waals surface area contributed by atoms with E-state index in [-0.39, 0.29) is 11.9 Å². The smallest absolute Gasteiger partial charge is 0.242 e.